The summed E-state index contributed by atoms with van der Waals surface area (Å²) in [5.74, 6) is 0.890. The summed E-state index contributed by atoms with van der Waals surface area (Å²) in [6.07, 6.45) is 8.43. The maximum atomic E-state index is 4.63. The van der Waals surface area contributed by atoms with Crippen LogP contribution < -0.4 is 5.32 Å². The van der Waals surface area contributed by atoms with Crippen molar-refractivity contribution in [3.63, 3.8) is 0 Å². The van der Waals surface area contributed by atoms with Crippen molar-refractivity contribution in [2.75, 3.05) is 32.5 Å². The van der Waals surface area contributed by atoms with Crippen molar-refractivity contribution in [1.29, 1.82) is 0 Å². The number of benzene rings is 1. The molecule has 0 radical (unpaired) electrons. The van der Waals surface area contributed by atoms with E-state index in [0.29, 0.717) is 6.04 Å². The first-order chi connectivity index (χ1) is 11.7. The summed E-state index contributed by atoms with van der Waals surface area (Å²) in [7, 11) is 4.08. The fraction of sp³-hybridized carbons (Fsp3) is 0.368. The third kappa shape index (κ3) is 2.87. The minimum Gasteiger partial charge on any atom is -0.373 e. The molecule has 1 aromatic carbocycles. The summed E-state index contributed by atoms with van der Waals surface area (Å²) in [5.41, 5.74) is 2.38. The Morgan fingerprint density at radius 1 is 1.04 bits per heavy atom. The monoisotopic (exact) mass is 321 g/mol. The number of nitrogens with one attached hydrogen (secondary N) is 1. The lowest BCUT2D eigenvalue weighted by molar-refractivity contribution is 0.212. The predicted octanol–water partition coefficient (Wildman–Crippen LogP) is 3.41. The van der Waals surface area contributed by atoms with E-state index in [0.717, 1.165) is 24.3 Å². The lowest BCUT2D eigenvalue weighted by Crippen LogP contribution is -2.31. The van der Waals surface area contributed by atoms with E-state index in [1.807, 2.05) is 19.4 Å². The van der Waals surface area contributed by atoms with Crippen LogP contribution in [0.25, 0.3) is 21.9 Å². The van der Waals surface area contributed by atoms with Gasteiger partial charge in [-0.15, -0.1) is 0 Å². The van der Waals surface area contributed by atoms with Crippen LogP contribution in [0.2, 0.25) is 0 Å². The minimum absolute atomic E-state index is 0.524. The van der Waals surface area contributed by atoms with Crippen molar-refractivity contribution in [3.8, 4) is 11.1 Å². The quantitative estimate of drug-likeness (QED) is 0.803. The molecule has 1 aliphatic heterocycles. The Bertz CT molecular complexity index is 846. The van der Waals surface area contributed by atoms with E-state index < -0.39 is 0 Å². The van der Waals surface area contributed by atoms with Crippen molar-refractivity contribution in [2.45, 2.75) is 18.9 Å². The van der Waals surface area contributed by atoms with Crippen LogP contribution >= 0.6 is 0 Å². The Morgan fingerprint density at radius 3 is 2.67 bits per heavy atom. The van der Waals surface area contributed by atoms with Crippen molar-refractivity contribution >= 4 is 16.6 Å². The van der Waals surface area contributed by atoms with Crippen LogP contribution in [0.1, 0.15) is 18.9 Å². The van der Waals surface area contributed by atoms with Crippen molar-refractivity contribution in [3.05, 3.63) is 42.9 Å². The largest absolute Gasteiger partial charge is 0.373 e. The molecule has 1 N–H and O–H groups in total. The van der Waals surface area contributed by atoms with Crippen LogP contribution in [0.15, 0.2) is 42.9 Å². The van der Waals surface area contributed by atoms with Gasteiger partial charge in [-0.25, -0.2) is 4.98 Å². The van der Waals surface area contributed by atoms with Gasteiger partial charge in [0.05, 0.1) is 12.2 Å². The molecular weight excluding hydrogens is 298 g/mol. The fourth-order valence-corrected chi connectivity index (χ4v) is 3.40. The Balaban J connectivity index is 1.63. The number of aromatic nitrogens is 3. The summed E-state index contributed by atoms with van der Waals surface area (Å²) in [6.45, 7) is 2.30. The number of anilines is 1. The molecule has 0 bridgehead atoms. The van der Waals surface area contributed by atoms with Gasteiger partial charge in [-0.1, -0.05) is 12.1 Å². The summed E-state index contributed by atoms with van der Waals surface area (Å²) >= 11 is 0. The number of piperidine rings is 1. The first-order valence-electron chi connectivity index (χ1n) is 8.53. The first kappa shape index (κ1) is 15.1. The van der Waals surface area contributed by atoms with E-state index in [1.54, 1.807) is 0 Å². The molecule has 1 aliphatic rings. The van der Waals surface area contributed by atoms with Gasteiger partial charge in [-0.05, 0) is 56.1 Å². The molecule has 3 heterocycles. The lowest BCUT2D eigenvalue weighted by Gasteiger charge is -2.28. The van der Waals surface area contributed by atoms with Gasteiger partial charge < -0.3 is 10.2 Å². The molecular formula is C19H23N5. The van der Waals surface area contributed by atoms with Crippen LogP contribution in [0.4, 0.5) is 5.82 Å². The third-order valence-corrected chi connectivity index (χ3v) is 4.97. The number of likely N-dealkylation sites (tertiary alicyclic amines) is 1. The highest BCUT2D eigenvalue weighted by molar-refractivity contribution is 5.88. The third-order valence-electron chi connectivity index (χ3n) is 4.97. The molecule has 0 amide bonds. The standard InChI is InChI=1S/C19H23N5/c1-20-19-10-16-9-14(3-4-15(16)11-21-19)17-12-22-24(13-17)18-5-7-23(2)8-6-18/h3-4,9-13,18H,5-8H2,1-2H3,(H,20,21). The molecule has 2 aromatic heterocycles. The van der Waals surface area contributed by atoms with E-state index in [2.05, 4.69) is 62.5 Å². The van der Waals surface area contributed by atoms with Gasteiger partial charge in [-0.3, -0.25) is 4.68 Å². The maximum absolute atomic E-state index is 4.63. The van der Waals surface area contributed by atoms with Crippen LogP contribution in [0.3, 0.4) is 0 Å². The molecule has 5 nitrogen and oxygen atoms in total. The second kappa shape index (κ2) is 6.24. The summed E-state index contributed by atoms with van der Waals surface area (Å²) in [6, 6.07) is 9.10. The number of hydrogen-bond acceptors (Lipinski definition) is 4. The molecule has 0 unspecified atom stereocenters. The topological polar surface area (TPSA) is 46.0 Å². The van der Waals surface area contributed by atoms with Gasteiger partial charge in [0.2, 0.25) is 0 Å². The molecule has 0 atom stereocenters. The average Bonchev–Trinajstić information content (AvgIpc) is 3.11. The normalized spacial score (nSPS) is 16.6. The summed E-state index contributed by atoms with van der Waals surface area (Å²) in [5, 5.41) is 10.1. The second-order valence-electron chi connectivity index (χ2n) is 6.62. The highest BCUT2D eigenvalue weighted by atomic mass is 15.3. The van der Waals surface area contributed by atoms with Gasteiger partial charge in [0.25, 0.3) is 0 Å². The smallest absolute Gasteiger partial charge is 0.126 e. The Morgan fingerprint density at radius 2 is 1.88 bits per heavy atom. The summed E-state index contributed by atoms with van der Waals surface area (Å²) < 4.78 is 2.15. The Kier molecular flexibility index (Phi) is 3.94. The van der Waals surface area contributed by atoms with Gasteiger partial charge in [0, 0.05) is 30.4 Å². The zero-order valence-electron chi connectivity index (χ0n) is 14.2. The Hall–Kier alpha value is -2.40. The molecule has 1 fully saturated rings. The zero-order valence-corrected chi connectivity index (χ0v) is 14.2. The van der Waals surface area contributed by atoms with Gasteiger partial charge in [0.1, 0.15) is 5.82 Å². The van der Waals surface area contributed by atoms with E-state index in [1.165, 1.54) is 29.4 Å². The van der Waals surface area contributed by atoms with E-state index in [-0.39, 0.29) is 0 Å². The number of fused-ring (bicyclic) bond motifs is 1. The van der Waals surface area contributed by atoms with Crippen LogP contribution in [-0.2, 0) is 0 Å². The van der Waals surface area contributed by atoms with Gasteiger partial charge in [-0.2, -0.15) is 5.10 Å². The molecule has 0 spiro atoms. The van der Waals surface area contributed by atoms with Crippen molar-refractivity contribution < 1.29 is 0 Å². The predicted molar refractivity (Wildman–Crippen MR) is 98.3 cm³/mol. The molecule has 24 heavy (non-hydrogen) atoms. The van der Waals surface area contributed by atoms with E-state index >= 15 is 0 Å². The average molecular weight is 321 g/mol. The Labute approximate surface area is 142 Å². The van der Waals surface area contributed by atoms with E-state index in [9.17, 15) is 0 Å². The second-order valence-corrected chi connectivity index (χ2v) is 6.62. The van der Waals surface area contributed by atoms with Crippen molar-refractivity contribution in [1.82, 2.24) is 19.7 Å². The minimum atomic E-state index is 0.524. The number of hydrogen-bond donors (Lipinski definition) is 1. The number of nitrogens with zero attached hydrogens (tertiary/aromatic N) is 4. The number of rotatable bonds is 3. The van der Waals surface area contributed by atoms with Crippen LogP contribution in [0, 0.1) is 0 Å². The molecule has 0 saturated carbocycles. The number of pyridine rings is 1. The molecule has 4 rings (SSSR count). The molecule has 124 valence electrons. The van der Waals surface area contributed by atoms with Crippen molar-refractivity contribution in [2.24, 2.45) is 0 Å². The molecule has 5 heteroatoms. The van der Waals surface area contributed by atoms with Gasteiger partial charge in [0.15, 0.2) is 0 Å². The van der Waals surface area contributed by atoms with E-state index in [4.69, 9.17) is 0 Å². The van der Waals surface area contributed by atoms with Crippen LogP contribution in [-0.4, -0.2) is 46.8 Å². The fourth-order valence-electron chi connectivity index (χ4n) is 3.40. The van der Waals surface area contributed by atoms with Gasteiger partial charge >= 0.3 is 0 Å². The SMILES string of the molecule is CNc1cc2cc(-c3cnn(C4CCN(C)CC4)c3)ccc2cn1. The first-order valence-corrected chi connectivity index (χ1v) is 8.53. The molecule has 1 saturated heterocycles. The lowest BCUT2D eigenvalue weighted by atomic mass is 10.0. The zero-order chi connectivity index (χ0) is 16.5. The van der Waals surface area contributed by atoms with Crippen LogP contribution in [0.5, 0.6) is 0 Å². The molecule has 0 aliphatic carbocycles. The highest BCUT2D eigenvalue weighted by Crippen LogP contribution is 2.27. The molecule has 3 aromatic rings. The summed E-state index contributed by atoms with van der Waals surface area (Å²) in [4.78, 5) is 6.75. The maximum Gasteiger partial charge on any atom is 0.126 e. The highest BCUT2D eigenvalue weighted by Gasteiger charge is 2.19.